The maximum Gasteiger partial charge on any atom is 0.240 e. The summed E-state index contributed by atoms with van der Waals surface area (Å²) in [7, 11) is -1.95. The van der Waals surface area contributed by atoms with Gasteiger partial charge in [0.15, 0.2) is 0 Å². The first-order valence-electron chi connectivity index (χ1n) is 8.34. The van der Waals surface area contributed by atoms with Crippen LogP contribution in [0.5, 0.6) is 11.6 Å². The van der Waals surface area contributed by atoms with Crippen LogP contribution in [0.25, 0.3) is 11.3 Å². The molecule has 1 N–H and O–H groups in total. The number of rotatable bonds is 8. The van der Waals surface area contributed by atoms with E-state index in [0.717, 1.165) is 14.9 Å². The van der Waals surface area contributed by atoms with E-state index >= 15 is 0 Å². The molecule has 0 unspecified atom stereocenters. The summed E-state index contributed by atoms with van der Waals surface area (Å²) in [6.45, 7) is 0.260. The first kappa shape index (κ1) is 20.5. The molecule has 9 heteroatoms. The molecule has 0 bridgehead atoms. The Bertz CT molecular complexity index is 1010. The van der Waals surface area contributed by atoms with Crippen molar-refractivity contribution in [3.8, 4) is 22.9 Å². The van der Waals surface area contributed by atoms with Crippen molar-refractivity contribution in [1.82, 2.24) is 14.9 Å². The molecule has 0 saturated carbocycles. The van der Waals surface area contributed by atoms with Crippen molar-refractivity contribution in [2.45, 2.75) is 4.90 Å². The zero-order chi connectivity index (χ0) is 20.0. The second kappa shape index (κ2) is 9.30. The predicted octanol–water partition coefficient (Wildman–Crippen LogP) is 3.11. The number of nitrogens with zero attached hydrogens (tertiary/aromatic N) is 2. The lowest BCUT2D eigenvalue weighted by molar-refractivity contribution is 0.307. The Balaban J connectivity index is 1.51. The second-order valence-electron chi connectivity index (χ2n) is 5.69. The SMILES string of the molecule is COc1ccc(-c2ccc(OCCNS(=O)(=O)c3ccc(I)cc3)nn2)cc1. The highest BCUT2D eigenvalue weighted by Gasteiger charge is 2.13. The number of hydrogen-bond acceptors (Lipinski definition) is 6. The lowest BCUT2D eigenvalue weighted by Crippen LogP contribution is -2.28. The van der Waals surface area contributed by atoms with Crippen molar-refractivity contribution in [1.29, 1.82) is 0 Å². The lowest BCUT2D eigenvalue weighted by Gasteiger charge is -2.08. The van der Waals surface area contributed by atoms with Gasteiger partial charge in [0.2, 0.25) is 15.9 Å². The normalized spacial score (nSPS) is 11.2. The minimum absolute atomic E-state index is 0.121. The molecular formula is C19H18IN3O4S. The maximum atomic E-state index is 12.2. The van der Waals surface area contributed by atoms with Gasteiger partial charge >= 0.3 is 0 Å². The van der Waals surface area contributed by atoms with Gasteiger partial charge in [-0.05, 0) is 77.2 Å². The first-order chi connectivity index (χ1) is 13.5. The Morgan fingerprint density at radius 3 is 2.29 bits per heavy atom. The number of aromatic nitrogens is 2. The fraction of sp³-hybridized carbons (Fsp3) is 0.158. The number of hydrogen-bond donors (Lipinski definition) is 1. The topological polar surface area (TPSA) is 90.4 Å². The maximum absolute atomic E-state index is 12.2. The van der Waals surface area contributed by atoms with Gasteiger partial charge in [-0.1, -0.05) is 0 Å². The van der Waals surface area contributed by atoms with Gasteiger partial charge in [-0.2, -0.15) is 0 Å². The molecule has 3 aromatic rings. The van der Waals surface area contributed by atoms with E-state index in [1.54, 1.807) is 43.5 Å². The van der Waals surface area contributed by atoms with Gasteiger partial charge in [0.25, 0.3) is 0 Å². The molecule has 2 aromatic carbocycles. The van der Waals surface area contributed by atoms with E-state index < -0.39 is 10.0 Å². The van der Waals surface area contributed by atoms with E-state index in [2.05, 4.69) is 37.5 Å². The van der Waals surface area contributed by atoms with E-state index in [-0.39, 0.29) is 18.0 Å². The number of ether oxygens (including phenoxy) is 2. The fourth-order valence-electron chi connectivity index (χ4n) is 2.34. The van der Waals surface area contributed by atoms with Crippen molar-refractivity contribution in [2.75, 3.05) is 20.3 Å². The molecule has 0 amide bonds. The van der Waals surface area contributed by atoms with Crippen LogP contribution in [0.2, 0.25) is 0 Å². The monoisotopic (exact) mass is 511 g/mol. The average molecular weight is 511 g/mol. The molecule has 0 saturated heterocycles. The highest BCUT2D eigenvalue weighted by molar-refractivity contribution is 14.1. The zero-order valence-electron chi connectivity index (χ0n) is 15.0. The van der Waals surface area contributed by atoms with Gasteiger partial charge < -0.3 is 9.47 Å². The molecule has 0 fully saturated rings. The fourth-order valence-corrected chi connectivity index (χ4v) is 3.71. The van der Waals surface area contributed by atoms with Crippen LogP contribution < -0.4 is 14.2 Å². The number of sulfonamides is 1. The van der Waals surface area contributed by atoms with Crippen molar-refractivity contribution >= 4 is 32.6 Å². The third-order valence-electron chi connectivity index (χ3n) is 3.79. The van der Waals surface area contributed by atoms with Crippen LogP contribution in [0, 0.1) is 3.57 Å². The number of halogens is 1. The van der Waals surface area contributed by atoms with Crippen LogP contribution in [-0.2, 0) is 10.0 Å². The summed E-state index contributed by atoms with van der Waals surface area (Å²) < 4.78 is 38.5. The Kier molecular flexibility index (Phi) is 6.81. The van der Waals surface area contributed by atoms with E-state index in [1.807, 2.05) is 24.3 Å². The molecule has 1 aromatic heterocycles. The lowest BCUT2D eigenvalue weighted by atomic mass is 10.1. The van der Waals surface area contributed by atoms with Gasteiger partial charge in [-0.25, -0.2) is 13.1 Å². The van der Waals surface area contributed by atoms with Crippen LogP contribution in [0.15, 0.2) is 65.6 Å². The molecule has 0 spiro atoms. The highest BCUT2D eigenvalue weighted by Crippen LogP contribution is 2.21. The Morgan fingerprint density at radius 2 is 1.68 bits per heavy atom. The smallest absolute Gasteiger partial charge is 0.240 e. The van der Waals surface area contributed by atoms with Crippen molar-refractivity contribution in [3.05, 3.63) is 64.2 Å². The predicted molar refractivity (Wildman–Crippen MR) is 114 cm³/mol. The number of methoxy groups -OCH3 is 1. The van der Waals surface area contributed by atoms with E-state index in [9.17, 15) is 8.42 Å². The molecule has 146 valence electrons. The summed E-state index contributed by atoms with van der Waals surface area (Å²) in [5, 5.41) is 8.15. The molecule has 0 aliphatic rings. The summed E-state index contributed by atoms with van der Waals surface area (Å²) in [5.74, 6) is 1.09. The summed E-state index contributed by atoms with van der Waals surface area (Å²) in [4.78, 5) is 0.219. The molecule has 0 aliphatic carbocycles. The van der Waals surface area contributed by atoms with E-state index in [1.165, 1.54) is 0 Å². The van der Waals surface area contributed by atoms with Gasteiger partial charge in [-0.3, -0.25) is 0 Å². The first-order valence-corrected chi connectivity index (χ1v) is 10.9. The van der Waals surface area contributed by atoms with Crippen molar-refractivity contribution in [2.24, 2.45) is 0 Å². The summed E-state index contributed by atoms with van der Waals surface area (Å²) in [6, 6.07) is 17.6. The molecule has 0 atom stereocenters. The van der Waals surface area contributed by atoms with Gasteiger partial charge in [0, 0.05) is 21.7 Å². The Morgan fingerprint density at radius 1 is 0.964 bits per heavy atom. The molecule has 1 heterocycles. The highest BCUT2D eigenvalue weighted by atomic mass is 127. The largest absolute Gasteiger partial charge is 0.497 e. The van der Waals surface area contributed by atoms with Gasteiger partial charge in [0.1, 0.15) is 12.4 Å². The Labute approximate surface area is 177 Å². The van der Waals surface area contributed by atoms with E-state index in [0.29, 0.717) is 11.6 Å². The third kappa shape index (κ3) is 5.40. The molecular weight excluding hydrogens is 493 g/mol. The zero-order valence-corrected chi connectivity index (χ0v) is 18.0. The Hall–Kier alpha value is -2.24. The van der Waals surface area contributed by atoms with Crippen LogP contribution in [0.4, 0.5) is 0 Å². The molecule has 0 radical (unpaired) electrons. The molecule has 28 heavy (non-hydrogen) atoms. The van der Waals surface area contributed by atoms with Gasteiger partial charge in [0.05, 0.1) is 17.7 Å². The molecule has 0 aliphatic heterocycles. The van der Waals surface area contributed by atoms with Crippen molar-refractivity contribution < 1.29 is 17.9 Å². The standard InChI is InChI=1S/C19H18IN3O4S/c1-26-16-6-2-14(3-7-16)18-10-11-19(23-22-18)27-13-12-21-28(24,25)17-8-4-15(20)5-9-17/h2-11,21H,12-13H2,1H3. The van der Waals surface area contributed by atoms with Crippen LogP contribution in [-0.4, -0.2) is 38.9 Å². The van der Waals surface area contributed by atoms with Crippen LogP contribution >= 0.6 is 22.6 Å². The molecule has 7 nitrogen and oxygen atoms in total. The van der Waals surface area contributed by atoms with Crippen LogP contribution in [0.3, 0.4) is 0 Å². The van der Waals surface area contributed by atoms with Gasteiger partial charge in [-0.15, -0.1) is 10.2 Å². The summed E-state index contributed by atoms with van der Waals surface area (Å²) in [6.07, 6.45) is 0. The summed E-state index contributed by atoms with van der Waals surface area (Å²) in [5.41, 5.74) is 1.61. The average Bonchev–Trinajstić information content (AvgIpc) is 2.72. The molecule has 3 rings (SSSR count). The number of benzene rings is 2. The number of nitrogens with one attached hydrogen (secondary N) is 1. The second-order valence-corrected chi connectivity index (χ2v) is 8.70. The quantitative estimate of drug-likeness (QED) is 0.369. The minimum atomic E-state index is -3.56. The minimum Gasteiger partial charge on any atom is -0.497 e. The van der Waals surface area contributed by atoms with Crippen molar-refractivity contribution in [3.63, 3.8) is 0 Å². The van der Waals surface area contributed by atoms with E-state index in [4.69, 9.17) is 9.47 Å². The van der Waals surface area contributed by atoms with Crippen LogP contribution in [0.1, 0.15) is 0 Å². The third-order valence-corrected chi connectivity index (χ3v) is 5.99. The summed E-state index contributed by atoms with van der Waals surface area (Å²) >= 11 is 2.12.